The van der Waals surface area contributed by atoms with Crippen LogP contribution in [0.15, 0.2) is 6.07 Å². The van der Waals surface area contributed by atoms with Crippen LogP contribution in [-0.2, 0) is 10.9 Å². The van der Waals surface area contributed by atoms with E-state index in [1.165, 1.54) is 13.8 Å². The SMILES string of the molecule is CC(C)OC(=O)c1cc(C(F)(F)F)c(F)c(F)c1F. The third-order valence-corrected chi connectivity index (χ3v) is 2.02. The Bertz CT molecular complexity index is 507. The maximum absolute atomic E-state index is 13.2. The van der Waals surface area contributed by atoms with Crippen LogP contribution in [0.3, 0.4) is 0 Å². The number of benzene rings is 1. The molecule has 0 amide bonds. The van der Waals surface area contributed by atoms with Crippen molar-refractivity contribution in [3.63, 3.8) is 0 Å². The smallest absolute Gasteiger partial charge is 0.419 e. The summed E-state index contributed by atoms with van der Waals surface area (Å²) in [5, 5.41) is 0. The minimum Gasteiger partial charge on any atom is -0.459 e. The third-order valence-electron chi connectivity index (χ3n) is 2.02. The van der Waals surface area contributed by atoms with Crippen molar-refractivity contribution in [3.05, 3.63) is 34.6 Å². The summed E-state index contributed by atoms with van der Waals surface area (Å²) in [6, 6.07) is -0.113. The Morgan fingerprint density at radius 3 is 2.05 bits per heavy atom. The second kappa shape index (κ2) is 5.10. The molecule has 8 heteroatoms. The van der Waals surface area contributed by atoms with Crippen LogP contribution in [0.5, 0.6) is 0 Å². The molecule has 0 aliphatic heterocycles. The van der Waals surface area contributed by atoms with Crippen LogP contribution in [0.25, 0.3) is 0 Å². The van der Waals surface area contributed by atoms with Crippen molar-refractivity contribution in [1.29, 1.82) is 0 Å². The van der Waals surface area contributed by atoms with E-state index in [9.17, 15) is 31.1 Å². The largest absolute Gasteiger partial charge is 0.459 e. The van der Waals surface area contributed by atoms with Crippen molar-refractivity contribution in [2.75, 3.05) is 0 Å². The highest BCUT2D eigenvalue weighted by Gasteiger charge is 2.38. The zero-order valence-electron chi connectivity index (χ0n) is 9.74. The van der Waals surface area contributed by atoms with Gasteiger partial charge >= 0.3 is 12.1 Å². The summed E-state index contributed by atoms with van der Waals surface area (Å²) in [6.07, 6.45) is -6.01. The normalized spacial score (nSPS) is 11.8. The standard InChI is InChI=1S/C11H8F6O2/c1-4(2)19-10(18)5-3-6(11(15,16)17)8(13)9(14)7(5)12/h3-4H,1-2H3. The van der Waals surface area contributed by atoms with Gasteiger partial charge in [-0.3, -0.25) is 0 Å². The van der Waals surface area contributed by atoms with Crippen molar-refractivity contribution >= 4 is 5.97 Å². The Balaban J connectivity index is 3.42. The fourth-order valence-corrected chi connectivity index (χ4v) is 1.24. The quantitative estimate of drug-likeness (QED) is 0.471. The Labute approximate surface area is 104 Å². The molecule has 1 rings (SSSR count). The first-order valence-electron chi connectivity index (χ1n) is 5.01. The van der Waals surface area contributed by atoms with Gasteiger partial charge in [-0.1, -0.05) is 0 Å². The summed E-state index contributed by atoms with van der Waals surface area (Å²) in [7, 11) is 0. The Kier molecular flexibility index (Phi) is 4.12. The molecule has 0 atom stereocenters. The predicted octanol–water partition coefficient (Wildman–Crippen LogP) is 3.69. The average molecular weight is 286 g/mol. The van der Waals surface area contributed by atoms with Crippen molar-refractivity contribution in [3.8, 4) is 0 Å². The number of ether oxygens (including phenoxy) is 1. The molecule has 106 valence electrons. The number of hydrogen-bond acceptors (Lipinski definition) is 2. The lowest BCUT2D eigenvalue weighted by Crippen LogP contribution is -2.18. The minimum atomic E-state index is -5.26. The van der Waals surface area contributed by atoms with Gasteiger partial charge in [-0.2, -0.15) is 13.2 Å². The Hall–Kier alpha value is -1.73. The number of alkyl halides is 3. The maximum Gasteiger partial charge on any atom is 0.419 e. The second-order valence-electron chi connectivity index (χ2n) is 3.87. The molecular weight excluding hydrogens is 278 g/mol. The van der Waals surface area contributed by atoms with Crippen LogP contribution in [0.4, 0.5) is 26.3 Å². The third kappa shape index (κ3) is 3.18. The second-order valence-corrected chi connectivity index (χ2v) is 3.87. The average Bonchev–Trinajstić information content (AvgIpc) is 2.23. The van der Waals surface area contributed by atoms with Gasteiger partial charge < -0.3 is 4.74 Å². The molecule has 0 N–H and O–H groups in total. The van der Waals surface area contributed by atoms with E-state index in [4.69, 9.17) is 0 Å². The number of halogens is 6. The first-order valence-corrected chi connectivity index (χ1v) is 5.01. The number of hydrogen-bond donors (Lipinski definition) is 0. The highest BCUT2D eigenvalue weighted by molar-refractivity contribution is 5.90. The van der Waals surface area contributed by atoms with E-state index in [2.05, 4.69) is 4.74 Å². The Morgan fingerprint density at radius 2 is 1.63 bits per heavy atom. The van der Waals surface area contributed by atoms with E-state index in [0.717, 1.165) is 0 Å². The van der Waals surface area contributed by atoms with Crippen molar-refractivity contribution < 1.29 is 35.9 Å². The van der Waals surface area contributed by atoms with Gasteiger partial charge in [0.05, 0.1) is 17.2 Å². The summed E-state index contributed by atoms with van der Waals surface area (Å²) in [5.41, 5.74) is -3.37. The fourth-order valence-electron chi connectivity index (χ4n) is 1.24. The summed E-state index contributed by atoms with van der Waals surface area (Å²) in [5.74, 6) is -8.29. The van der Waals surface area contributed by atoms with Crippen LogP contribution < -0.4 is 0 Å². The maximum atomic E-state index is 13.2. The molecule has 0 fully saturated rings. The molecule has 0 unspecified atom stereocenters. The summed E-state index contributed by atoms with van der Waals surface area (Å²) in [4.78, 5) is 11.3. The van der Waals surface area contributed by atoms with Gasteiger partial charge in [-0.15, -0.1) is 0 Å². The molecule has 1 aromatic rings. The monoisotopic (exact) mass is 286 g/mol. The van der Waals surface area contributed by atoms with Gasteiger partial charge in [0.1, 0.15) is 0 Å². The van der Waals surface area contributed by atoms with E-state index in [0.29, 0.717) is 0 Å². The molecule has 0 aliphatic rings. The highest BCUT2D eigenvalue weighted by atomic mass is 19.4. The van der Waals surface area contributed by atoms with Gasteiger partial charge in [0.2, 0.25) is 0 Å². The van der Waals surface area contributed by atoms with Crippen LogP contribution in [0, 0.1) is 17.5 Å². The van der Waals surface area contributed by atoms with Crippen LogP contribution >= 0.6 is 0 Å². The van der Waals surface area contributed by atoms with Gasteiger partial charge in [0.25, 0.3) is 0 Å². The van der Waals surface area contributed by atoms with Gasteiger partial charge in [0, 0.05) is 0 Å². The lowest BCUT2D eigenvalue weighted by molar-refractivity contribution is -0.140. The number of carbonyl (C=O) groups excluding carboxylic acids is 1. The van der Waals surface area contributed by atoms with Crippen molar-refractivity contribution in [1.82, 2.24) is 0 Å². The molecule has 0 spiro atoms. The Morgan fingerprint density at radius 1 is 1.11 bits per heavy atom. The zero-order chi connectivity index (χ0) is 15.0. The lowest BCUT2D eigenvalue weighted by atomic mass is 10.1. The van der Waals surface area contributed by atoms with Gasteiger partial charge in [-0.05, 0) is 19.9 Å². The topological polar surface area (TPSA) is 26.3 Å². The molecular formula is C11H8F6O2. The molecule has 0 saturated heterocycles. The van der Waals surface area contributed by atoms with Crippen LogP contribution in [0.2, 0.25) is 0 Å². The minimum absolute atomic E-state index is 0.113. The molecule has 0 aliphatic carbocycles. The lowest BCUT2D eigenvalue weighted by Gasteiger charge is -2.13. The predicted molar refractivity (Wildman–Crippen MR) is 51.9 cm³/mol. The van der Waals surface area contributed by atoms with Crippen molar-refractivity contribution in [2.45, 2.75) is 26.1 Å². The highest BCUT2D eigenvalue weighted by Crippen LogP contribution is 2.34. The fraction of sp³-hybridized carbons (Fsp3) is 0.364. The van der Waals surface area contributed by atoms with Crippen molar-refractivity contribution in [2.24, 2.45) is 0 Å². The molecule has 19 heavy (non-hydrogen) atoms. The summed E-state index contributed by atoms with van der Waals surface area (Å²) < 4.78 is 80.8. The number of esters is 1. The van der Waals surface area contributed by atoms with Crippen LogP contribution in [-0.4, -0.2) is 12.1 Å². The molecule has 0 saturated carbocycles. The van der Waals surface area contributed by atoms with Gasteiger partial charge in [-0.25, -0.2) is 18.0 Å². The molecule has 0 radical (unpaired) electrons. The first kappa shape index (κ1) is 15.3. The molecule has 1 aromatic carbocycles. The summed E-state index contributed by atoms with van der Waals surface area (Å²) in [6.45, 7) is 2.72. The molecule has 0 bridgehead atoms. The molecule has 0 heterocycles. The number of carbonyl (C=O) groups is 1. The summed E-state index contributed by atoms with van der Waals surface area (Å²) >= 11 is 0. The van der Waals surface area contributed by atoms with E-state index in [1.54, 1.807) is 0 Å². The van der Waals surface area contributed by atoms with E-state index < -0.39 is 46.8 Å². The molecule has 2 nitrogen and oxygen atoms in total. The van der Waals surface area contributed by atoms with E-state index in [1.807, 2.05) is 0 Å². The van der Waals surface area contributed by atoms with E-state index in [-0.39, 0.29) is 6.07 Å². The van der Waals surface area contributed by atoms with E-state index >= 15 is 0 Å². The zero-order valence-corrected chi connectivity index (χ0v) is 9.74. The van der Waals surface area contributed by atoms with Crippen LogP contribution in [0.1, 0.15) is 29.8 Å². The molecule has 0 aromatic heterocycles. The first-order chi connectivity index (χ1) is 8.55. The van der Waals surface area contributed by atoms with Gasteiger partial charge in [0.15, 0.2) is 17.5 Å². The number of rotatable bonds is 2.